The fourth-order valence-electron chi connectivity index (χ4n) is 4.61. The van der Waals surface area contributed by atoms with Gasteiger partial charge in [-0.15, -0.1) is 10.2 Å². The van der Waals surface area contributed by atoms with E-state index in [9.17, 15) is 9.59 Å². The summed E-state index contributed by atoms with van der Waals surface area (Å²) in [5, 5.41) is 15.1. The number of furan rings is 1. The second kappa shape index (κ2) is 13.1. The number of hydrogen-bond donors (Lipinski definition) is 2. The molecule has 0 unspecified atom stereocenters. The monoisotopic (exact) mass is 585 g/mol. The predicted molar refractivity (Wildman–Crippen MR) is 168 cm³/mol. The van der Waals surface area contributed by atoms with Crippen molar-refractivity contribution in [3.8, 4) is 17.3 Å². The lowest BCUT2D eigenvalue weighted by Gasteiger charge is -2.12. The van der Waals surface area contributed by atoms with Crippen LogP contribution in [0.3, 0.4) is 0 Å². The first-order chi connectivity index (χ1) is 21.1. The van der Waals surface area contributed by atoms with Gasteiger partial charge in [0.2, 0.25) is 11.7 Å². The quantitative estimate of drug-likeness (QED) is 0.166. The fraction of sp³-hybridized carbons (Fsp3) is 0.0588. The standard InChI is InChI=1S/C34H27N5O3S/c40-31(23-43-34-38-37-32(30-19-10-20-42-30)39(34)28-16-5-2-6-17-28)35-27-15-9-14-26(22-27)33(41)36-29-18-8-7-13-25(29)21-24-11-3-1-4-12-24/h1-20,22H,21,23H2,(H,35,40)(H,36,41). The number of para-hydroxylation sites is 2. The smallest absolute Gasteiger partial charge is 0.255 e. The Morgan fingerprint density at radius 1 is 0.767 bits per heavy atom. The lowest BCUT2D eigenvalue weighted by atomic mass is 10.0. The average Bonchev–Trinajstić information content (AvgIpc) is 3.73. The van der Waals surface area contributed by atoms with Crippen molar-refractivity contribution in [2.75, 3.05) is 16.4 Å². The molecule has 6 rings (SSSR count). The number of nitrogens with one attached hydrogen (secondary N) is 2. The molecule has 212 valence electrons. The average molecular weight is 586 g/mol. The number of amides is 2. The number of rotatable bonds is 10. The normalized spacial score (nSPS) is 10.8. The largest absolute Gasteiger partial charge is 0.461 e. The number of carbonyl (C=O) groups excluding carboxylic acids is 2. The third-order valence-corrected chi connectivity index (χ3v) is 7.56. The van der Waals surface area contributed by atoms with Crippen molar-refractivity contribution < 1.29 is 14.0 Å². The first kappa shape index (κ1) is 27.7. The van der Waals surface area contributed by atoms with E-state index in [-0.39, 0.29) is 17.6 Å². The number of thioether (sulfide) groups is 1. The minimum Gasteiger partial charge on any atom is -0.461 e. The minimum atomic E-state index is -0.257. The van der Waals surface area contributed by atoms with Gasteiger partial charge in [0.15, 0.2) is 10.9 Å². The minimum absolute atomic E-state index is 0.0897. The molecule has 43 heavy (non-hydrogen) atoms. The van der Waals surface area contributed by atoms with Gasteiger partial charge in [-0.3, -0.25) is 14.2 Å². The highest BCUT2D eigenvalue weighted by molar-refractivity contribution is 7.99. The maximum Gasteiger partial charge on any atom is 0.255 e. The first-order valence-corrected chi connectivity index (χ1v) is 14.6. The summed E-state index contributed by atoms with van der Waals surface area (Å²) in [6, 6.07) is 38.0. The Bertz CT molecular complexity index is 1840. The predicted octanol–water partition coefficient (Wildman–Crippen LogP) is 7.10. The second-order valence-corrected chi connectivity index (χ2v) is 10.6. The molecule has 2 amide bonds. The number of anilines is 2. The number of nitrogens with zero attached hydrogens (tertiary/aromatic N) is 3. The van der Waals surface area contributed by atoms with Gasteiger partial charge >= 0.3 is 0 Å². The van der Waals surface area contributed by atoms with Gasteiger partial charge in [0.25, 0.3) is 5.91 Å². The second-order valence-electron chi connectivity index (χ2n) is 9.65. The summed E-state index contributed by atoms with van der Waals surface area (Å²) >= 11 is 1.26. The summed E-state index contributed by atoms with van der Waals surface area (Å²) in [4.78, 5) is 26.1. The molecule has 0 saturated carbocycles. The molecule has 0 saturated heterocycles. The zero-order chi connectivity index (χ0) is 29.4. The summed E-state index contributed by atoms with van der Waals surface area (Å²) in [5.41, 5.74) is 4.74. The first-order valence-electron chi connectivity index (χ1n) is 13.6. The summed E-state index contributed by atoms with van der Waals surface area (Å²) in [6.07, 6.45) is 2.28. The van der Waals surface area contributed by atoms with Crippen LogP contribution < -0.4 is 10.6 Å². The molecule has 8 nitrogen and oxygen atoms in total. The van der Waals surface area contributed by atoms with E-state index in [0.29, 0.717) is 34.4 Å². The summed E-state index contributed by atoms with van der Waals surface area (Å²) < 4.78 is 7.41. The van der Waals surface area contributed by atoms with Crippen LogP contribution in [0.1, 0.15) is 21.5 Å². The maximum absolute atomic E-state index is 13.2. The molecule has 0 radical (unpaired) electrons. The summed E-state index contributed by atoms with van der Waals surface area (Å²) in [7, 11) is 0. The molecule has 0 spiro atoms. The maximum atomic E-state index is 13.2. The van der Waals surface area contributed by atoms with Crippen LogP contribution in [0.25, 0.3) is 17.3 Å². The molecular weight excluding hydrogens is 558 g/mol. The van der Waals surface area contributed by atoms with Gasteiger partial charge < -0.3 is 15.1 Å². The van der Waals surface area contributed by atoms with Crippen molar-refractivity contribution in [2.45, 2.75) is 11.6 Å². The molecule has 9 heteroatoms. The number of carbonyl (C=O) groups is 2. The van der Waals surface area contributed by atoms with Crippen LogP contribution in [0, 0.1) is 0 Å². The van der Waals surface area contributed by atoms with Crippen molar-refractivity contribution in [1.82, 2.24) is 14.8 Å². The van der Waals surface area contributed by atoms with Gasteiger partial charge in [-0.2, -0.15) is 0 Å². The zero-order valence-electron chi connectivity index (χ0n) is 23.0. The van der Waals surface area contributed by atoms with Gasteiger partial charge in [-0.25, -0.2) is 0 Å². The molecule has 6 aromatic rings. The summed E-state index contributed by atoms with van der Waals surface area (Å²) in [5.74, 6) is 0.714. The van der Waals surface area contributed by atoms with Gasteiger partial charge in [0.05, 0.1) is 12.0 Å². The van der Waals surface area contributed by atoms with E-state index in [2.05, 4.69) is 33.0 Å². The van der Waals surface area contributed by atoms with Crippen LogP contribution in [0.2, 0.25) is 0 Å². The van der Waals surface area contributed by atoms with E-state index in [1.165, 1.54) is 11.8 Å². The van der Waals surface area contributed by atoms with Gasteiger partial charge in [-0.05, 0) is 66.1 Å². The highest BCUT2D eigenvalue weighted by atomic mass is 32.2. The lowest BCUT2D eigenvalue weighted by Crippen LogP contribution is -2.16. The molecule has 2 N–H and O–H groups in total. The SMILES string of the molecule is O=C(CSc1nnc(-c2ccco2)n1-c1ccccc1)Nc1cccc(C(=O)Nc2ccccc2Cc2ccccc2)c1. The fourth-order valence-corrected chi connectivity index (χ4v) is 5.36. The highest BCUT2D eigenvalue weighted by Gasteiger charge is 2.19. The van der Waals surface area contributed by atoms with Crippen LogP contribution >= 0.6 is 11.8 Å². The topological polar surface area (TPSA) is 102 Å². The number of aromatic nitrogens is 3. The van der Waals surface area contributed by atoms with Crippen LogP contribution in [0.5, 0.6) is 0 Å². The van der Waals surface area contributed by atoms with Crippen LogP contribution in [0.4, 0.5) is 11.4 Å². The van der Waals surface area contributed by atoms with E-state index >= 15 is 0 Å². The number of hydrogen-bond acceptors (Lipinski definition) is 6. The number of benzene rings is 4. The molecule has 2 aromatic heterocycles. The highest BCUT2D eigenvalue weighted by Crippen LogP contribution is 2.28. The molecule has 0 bridgehead atoms. The van der Waals surface area contributed by atoms with Crippen molar-refractivity contribution in [3.05, 3.63) is 144 Å². The van der Waals surface area contributed by atoms with Crippen molar-refractivity contribution in [3.63, 3.8) is 0 Å². The Morgan fingerprint density at radius 2 is 1.53 bits per heavy atom. The molecule has 4 aromatic carbocycles. The van der Waals surface area contributed by atoms with E-state index in [0.717, 1.165) is 22.5 Å². The molecule has 0 atom stereocenters. The van der Waals surface area contributed by atoms with E-state index in [1.807, 2.05) is 83.4 Å². The molecule has 0 aliphatic heterocycles. The van der Waals surface area contributed by atoms with E-state index in [1.54, 1.807) is 36.6 Å². The van der Waals surface area contributed by atoms with Crippen molar-refractivity contribution in [2.24, 2.45) is 0 Å². The van der Waals surface area contributed by atoms with E-state index < -0.39 is 0 Å². The molecular formula is C34H27N5O3S. The van der Waals surface area contributed by atoms with E-state index in [4.69, 9.17) is 4.42 Å². The molecule has 0 aliphatic carbocycles. The van der Waals surface area contributed by atoms with Gasteiger partial charge in [0.1, 0.15) is 0 Å². The van der Waals surface area contributed by atoms with Crippen molar-refractivity contribution in [1.29, 1.82) is 0 Å². The third kappa shape index (κ3) is 6.74. The van der Waals surface area contributed by atoms with Crippen molar-refractivity contribution >= 4 is 35.0 Å². The lowest BCUT2D eigenvalue weighted by molar-refractivity contribution is -0.113. The molecule has 0 aliphatic rings. The Morgan fingerprint density at radius 3 is 2.33 bits per heavy atom. The van der Waals surface area contributed by atoms with Crippen LogP contribution in [-0.2, 0) is 11.2 Å². The molecule has 2 heterocycles. The Kier molecular flexibility index (Phi) is 8.42. The summed E-state index contributed by atoms with van der Waals surface area (Å²) in [6.45, 7) is 0. The van der Waals surface area contributed by atoms with Gasteiger partial charge in [-0.1, -0.05) is 84.6 Å². The Labute approximate surface area is 252 Å². The van der Waals surface area contributed by atoms with Crippen LogP contribution in [-0.4, -0.2) is 32.3 Å². The zero-order valence-corrected chi connectivity index (χ0v) is 23.8. The third-order valence-electron chi connectivity index (χ3n) is 6.63. The van der Waals surface area contributed by atoms with Gasteiger partial charge in [0, 0.05) is 22.6 Å². The Balaban J connectivity index is 1.12. The molecule has 0 fully saturated rings. The van der Waals surface area contributed by atoms with Crippen LogP contribution in [0.15, 0.2) is 137 Å². The Hall–Kier alpha value is -5.41.